The molecule has 0 spiro atoms. The van der Waals surface area contributed by atoms with Crippen LogP contribution in [-0.2, 0) is 31.9 Å². The standard InChI is InChI=1S/C28H35N2O7P/c1-4-35-27(31)23(16-24-17-25(30-37-24)22-13-9-6-10-14-22)19-38(33,34)26(15-20(2)3)29-28(32)36-18-21-11-7-5-8-12-21/h5-14,17,20,23,26H,4,15-16,18-19H2,1-3H3,(H,29,32)(H,33,34)/t23-,26+/m1/s1. The van der Waals surface area contributed by atoms with E-state index in [9.17, 15) is 19.0 Å². The van der Waals surface area contributed by atoms with Gasteiger partial charge in [0.2, 0.25) is 7.37 Å². The highest BCUT2D eigenvalue weighted by Crippen LogP contribution is 2.49. The number of carbonyl (C=O) groups is 2. The third kappa shape index (κ3) is 8.85. The fourth-order valence-corrected chi connectivity index (χ4v) is 6.22. The zero-order valence-electron chi connectivity index (χ0n) is 21.9. The van der Waals surface area contributed by atoms with Crippen molar-refractivity contribution < 1.29 is 33.0 Å². The maximum atomic E-state index is 13.6. The summed E-state index contributed by atoms with van der Waals surface area (Å²) in [6.07, 6.45) is -0.951. The van der Waals surface area contributed by atoms with Gasteiger partial charge in [-0.1, -0.05) is 79.7 Å². The molecule has 0 aliphatic rings. The van der Waals surface area contributed by atoms with E-state index in [1.807, 2.05) is 74.5 Å². The minimum Gasteiger partial charge on any atom is -0.466 e. The molecule has 3 atom stereocenters. The molecule has 0 saturated carbocycles. The molecule has 0 saturated heterocycles. The molecule has 3 rings (SSSR count). The van der Waals surface area contributed by atoms with Crippen LogP contribution in [0.4, 0.5) is 4.79 Å². The van der Waals surface area contributed by atoms with Crippen LogP contribution in [0.25, 0.3) is 11.3 Å². The first-order valence-electron chi connectivity index (χ1n) is 12.6. The van der Waals surface area contributed by atoms with E-state index >= 15 is 0 Å². The van der Waals surface area contributed by atoms with Gasteiger partial charge in [0.1, 0.15) is 23.8 Å². The van der Waals surface area contributed by atoms with Gasteiger partial charge in [-0.3, -0.25) is 9.36 Å². The quantitative estimate of drug-likeness (QED) is 0.210. The van der Waals surface area contributed by atoms with Gasteiger partial charge in [0, 0.05) is 24.2 Å². The van der Waals surface area contributed by atoms with Crippen molar-refractivity contribution in [2.45, 2.75) is 46.0 Å². The van der Waals surface area contributed by atoms with Crippen molar-refractivity contribution >= 4 is 19.4 Å². The number of carbonyl (C=O) groups excluding carboxylic acids is 2. The molecule has 9 nitrogen and oxygen atoms in total. The lowest BCUT2D eigenvalue weighted by molar-refractivity contribution is -0.147. The molecular weight excluding hydrogens is 507 g/mol. The molecule has 38 heavy (non-hydrogen) atoms. The number of ether oxygens (including phenoxy) is 2. The van der Waals surface area contributed by atoms with Crippen LogP contribution in [0.2, 0.25) is 0 Å². The van der Waals surface area contributed by atoms with E-state index in [0.717, 1.165) is 11.1 Å². The fourth-order valence-electron chi connectivity index (χ4n) is 3.99. The van der Waals surface area contributed by atoms with Crippen LogP contribution in [0.15, 0.2) is 71.3 Å². The first-order valence-corrected chi connectivity index (χ1v) is 14.6. The third-order valence-corrected chi connectivity index (χ3v) is 8.13. The molecule has 1 unspecified atom stereocenters. The molecular formula is C28H35N2O7P. The Morgan fingerprint density at radius 2 is 1.71 bits per heavy atom. The number of alkyl carbamates (subject to hydrolysis) is 1. The average Bonchev–Trinajstić information content (AvgIpc) is 3.36. The van der Waals surface area contributed by atoms with Gasteiger partial charge >= 0.3 is 12.1 Å². The summed E-state index contributed by atoms with van der Waals surface area (Å²) in [6.45, 7) is 5.58. The number of aromatic nitrogens is 1. The summed E-state index contributed by atoms with van der Waals surface area (Å²) in [5.41, 5.74) is 2.23. The molecule has 1 aromatic heterocycles. The van der Waals surface area contributed by atoms with Gasteiger partial charge in [-0.15, -0.1) is 0 Å². The van der Waals surface area contributed by atoms with Crippen LogP contribution in [0.3, 0.4) is 0 Å². The van der Waals surface area contributed by atoms with Crippen LogP contribution in [0.1, 0.15) is 38.5 Å². The van der Waals surface area contributed by atoms with E-state index in [1.54, 1.807) is 13.0 Å². The smallest absolute Gasteiger partial charge is 0.408 e. The lowest BCUT2D eigenvalue weighted by Gasteiger charge is -2.27. The van der Waals surface area contributed by atoms with Crippen molar-refractivity contribution in [3.8, 4) is 11.3 Å². The molecule has 0 bridgehead atoms. The minimum absolute atomic E-state index is 0.00125. The van der Waals surface area contributed by atoms with E-state index in [2.05, 4.69) is 10.5 Å². The summed E-state index contributed by atoms with van der Waals surface area (Å²) in [5.74, 6) is -2.30. The molecule has 10 heteroatoms. The van der Waals surface area contributed by atoms with Crippen molar-refractivity contribution in [3.05, 3.63) is 78.1 Å². The molecule has 0 fully saturated rings. The highest BCUT2D eigenvalue weighted by Gasteiger charge is 2.39. The van der Waals surface area contributed by atoms with Crippen molar-refractivity contribution in [1.82, 2.24) is 10.5 Å². The second-order valence-electron chi connectivity index (χ2n) is 9.49. The van der Waals surface area contributed by atoms with Crippen LogP contribution < -0.4 is 5.32 Å². The van der Waals surface area contributed by atoms with Crippen LogP contribution in [0.5, 0.6) is 0 Å². The van der Waals surface area contributed by atoms with Crippen molar-refractivity contribution in [2.75, 3.05) is 12.8 Å². The van der Waals surface area contributed by atoms with Crippen LogP contribution >= 0.6 is 7.37 Å². The summed E-state index contributed by atoms with van der Waals surface area (Å²) < 4.78 is 29.5. The van der Waals surface area contributed by atoms with E-state index in [-0.39, 0.29) is 32.0 Å². The predicted molar refractivity (Wildman–Crippen MR) is 143 cm³/mol. The first kappa shape index (κ1) is 29.1. The van der Waals surface area contributed by atoms with Gasteiger partial charge in [-0.05, 0) is 24.8 Å². The van der Waals surface area contributed by atoms with Crippen molar-refractivity contribution in [3.63, 3.8) is 0 Å². The Labute approximate surface area is 223 Å². The lowest BCUT2D eigenvalue weighted by Crippen LogP contribution is -2.38. The van der Waals surface area contributed by atoms with Crippen molar-refractivity contribution in [2.24, 2.45) is 11.8 Å². The number of hydrogen-bond acceptors (Lipinski definition) is 7. The summed E-state index contributed by atoms with van der Waals surface area (Å²) in [7, 11) is -4.10. The molecule has 2 N–H and O–H groups in total. The molecule has 0 radical (unpaired) electrons. The Morgan fingerprint density at radius 1 is 1.05 bits per heavy atom. The number of benzene rings is 2. The Kier molecular flexibility index (Phi) is 10.7. The van der Waals surface area contributed by atoms with Gasteiger partial charge in [-0.25, -0.2) is 4.79 Å². The predicted octanol–water partition coefficient (Wildman–Crippen LogP) is 5.63. The Balaban J connectivity index is 1.73. The maximum Gasteiger partial charge on any atom is 0.408 e. The molecule has 1 amide bonds. The topological polar surface area (TPSA) is 128 Å². The first-order chi connectivity index (χ1) is 18.2. The zero-order valence-corrected chi connectivity index (χ0v) is 22.8. The highest BCUT2D eigenvalue weighted by atomic mass is 31.2. The number of amides is 1. The van der Waals surface area contributed by atoms with Crippen LogP contribution in [-0.4, -0.2) is 40.7 Å². The number of rotatable bonds is 13. The van der Waals surface area contributed by atoms with E-state index in [4.69, 9.17) is 14.0 Å². The van der Waals surface area contributed by atoms with E-state index < -0.39 is 37.3 Å². The van der Waals surface area contributed by atoms with Gasteiger partial charge in [0.25, 0.3) is 0 Å². The minimum atomic E-state index is -4.10. The van der Waals surface area contributed by atoms with Gasteiger partial charge < -0.3 is 24.2 Å². The normalized spacial score (nSPS) is 14.3. The second kappa shape index (κ2) is 13.9. The van der Waals surface area contributed by atoms with Crippen molar-refractivity contribution in [1.29, 1.82) is 0 Å². The Bertz CT molecular complexity index is 1210. The molecule has 0 aliphatic carbocycles. The number of esters is 1. The maximum absolute atomic E-state index is 13.6. The molecule has 2 aromatic carbocycles. The van der Waals surface area contributed by atoms with E-state index in [0.29, 0.717) is 11.5 Å². The number of hydrogen-bond donors (Lipinski definition) is 2. The number of nitrogens with one attached hydrogen (secondary N) is 1. The SMILES string of the molecule is CCOC(=O)[C@H](Cc1cc(-c2ccccc2)no1)CP(=O)(O)[C@@H](CC(C)C)NC(=O)OCc1ccccc1. The van der Waals surface area contributed by atoms with Gasteiger partial charge in [0.05, 0.1) is 12.5 Å². The summed E-state index contributed by atoms with van der Waals surface area (Å²) in [5, 5.41) is 6.63. The Morgan fingerprint density at radius 3 is 2.34 bits per heavy atom. The molecule has 0 aliphatic heterocycles. The number of nitrogens with zero attached hydrogens (tertiary/aromatic N) is 1. The molecule has 204 valence electrons. The second-order valence-corrected chi connectivity index (χ2v) is 12.0. The lowest BCUT2D eigenvalue weighted by atomic mass is 10.1. The monoisotopic (exact) mass is 542 g/mol. The van der Waals surface area contributed by atoms with Gasteiger partial charge in [-0.2, -0.15) is 0 Å². The summed E-state index contributed by atoms with van der Waals surface area (Å²) >= 11 is 0. The Hall–Kier alpha value is -3.42. The summed E-state index contributed by atoms with van der Waals surface area (Å²) in [4.78, 5) is 36.5. The fraction of sp³-hybridized carbons (Fsp3) is 0.393. The largest absolute Gasteiger partial charge is 0.466 e. The third-order valence-electron chi connectivity index (χ3n) is 5.86. The van der Waals surface area contributed by atoms with E-state index in [1.165, 1.54) is 0 Å². The van der Waals surface area contributed by atoms with Gasteiger partial charge in [0.15, 0.2) is 0 Å². The average molecular weight is 543 g/mol. The van der Waals surface area contributed by atoms with Crippen LogP contribution in [0, 0.1) is 11.8 Å². The molecule has 3 aromatic rings. The zero-order chi connectivity index (χ0) is 27.5. The molecule has 1 heterocycles. The summed E-state index contributed by atoms with van der Waals surface area (Å²) in [6, 6.07) is 20.2. The highest BCUT2D eigenvalue weighted by molar-refractivity contribution is 7.58.